The Morgan fingerprint density at radius 2 is 1.66 bits per heavy atom. The molecule has 4 aromatic rings. The fraction of sp³-hybridized carbons (Fsp3) is 0.115. The van der Waals surface area contributed by atoms with Gasteiger partial charge in [0.05, 0.1) is 6.26 Å². The lowest BCUT2D eigenvalue weighted by Gasteiger charge is -2.16. The summed E-state index contributed by atoms with van der Waals surface area (Å²) in [5.74, 6) is 0.589. The molecule has 0 aliphatic carbocycles. The van der Waals surface area contributed by atoms with Crippen molar-refractivity contribution in [3.05, 3.63) is 113 Å². The summed E-state index contributed by atoms with van der Waals surface area (Å²) in [6.45, 7) is 1.83. The van der Waals surface area contributed by atoms with Crippen LogP contribution < -0.4 is 0 Å². The Morgan fingerprint density at radius 1 is 0.897 bits per heavy atom. The number of carbonyl (C=O) groups is 1. The lowest BCUT2D eigenvalue weighted by Crippen LogP contribution is -2.03. The van der Waals surface area contributed by atoms with Crippen LogP contribution in [0.1, 0.15) is 35.5 Å². The average Bonchev–Trinajstić information content (AvgIpc) is 3.32. The van der Waals surface area contributed by atoms with Crippen molar-refractivity contribution in [3.8, 4) is 0 Å². The summed E-state index contributed by atoms with van der Waals surface area (Å²) in [7, 11) is 0. The highest BCUT2D eigenvalue weighted by Crippen LogP contribution is 2.44. The summed E-state index contributed by atoms with van der Waals surface area (Å²) in [6.07, 6.45) is 2.01. The van der Waals surface area contributed by atoms with Crippen LogP contribution in [-0.2, 0) is 16.0 Å². The number of cyclic esters (lactones) is 1. The third-order valence-corrected chi connectivity index (χ3v) is 5.49. The summed E-state index contributed by atoms with van der Waals surface area (Å²) in [4.78, 5) is 12.5. The Hall–Kier alpha value is -3.59. The van der Waals surface area contributed by atoms with Crippen LogP contribution in [0.4, 0.5) is 0 Å². The highest BCUT2D eigenvalue weighted by Gasteiger charge is 2.35. The van der Waals surface area contributed by atoms with E-state index < -0.39 is 6.10 Å². The number of carbonyl (C=O) groups excluding carboxylic acids is 1. The summed E-state index contributed by atoms with van der Waals surface area (Å²) >= 11 is 0. The molecule has 3 nitrogen and oxygen atoms in total. The maximum absolute atomic E-state index is 12.5. The molecular weight excluding hydrogens is 360 g/mol. The topological polar surface area (TPSA) is 39.4 Å². The molecule has 1 aliphatic heterocycles. The molecule has 5 rings (SSSR count). The van der Waals surface area contributed by atoms with E-state index in [1.165, 1.54) is 5.56 Å². The van der Waals surface area contributed by atoms with E-state index in [-0.39, 0.29) is 5.97 Å². The molecule has 2 heterocycles. The minimum Gasteiger partial charge on any atom is -0.468 e. The van der Waals surface area contributed by atoms with Crippen LogP contribution in [0.25, 0.3) is 16.3 Å². The van der Waals surface area contributed by atoms with Gasteiger partial charge in [-0.1, -0.05) is 72.8 Å². The van der Waals surface area contributed by atoms with Gasteiger partial charge in [-0.05, 0) is 29.3 Å². The van der Waals surface area contributed by atoms with Crippen LogP contribution in [-0.4, -0.2) is 5.97 Å². The number of fused-ring (bicyclic) bond motifs is 1. The molecule has 1 aliphatic rings. The summed E-state index contributed by atoms with van der Waals surface area (Å²) in [5.41, 5.74) is 4.60. The van der Waals surface area contributed by atoms with Gasteiger partial charge in [0.1, 0.15) is 5.76 Å². The van der Waals surface area contributed by atoms with E-state index in [9.17, 15) is 4.79 Å². The van der Waals surface area contributed by atoms with E-state index >= 15 is 0 Å². The molecule has 142 valence electrons. The number of ether oxygens (including phenoxy) is 1. The first-order valence-electron chi connectivity index (χ1n) is 9.72. The Labute approximate surface area is 169 Å². The molecule has 0 radical (unpaired) electrons. The van der Waals surface area contributed by atoms with Gasteiger partial charge in [-0.2, -0.15) is 0 Å². The highest BCUT2D eigenvalue weighted by molar-refractivity contribution is 6.03. The molecule has 0 fully saturated rings. The number of rotatable bonds is 4. The minimum atomic E-state index is -0.434. The van der Waals surface area contributed by atoms with Crippen molar-refractivity contribution in [2.24, 2.45) is 0 Å². The second-order valence-electron chi connectivity index (χ2n) is 7.36. The van der Waals surface area contributed by atoms with Crippen LogP contribution >= 0.6 is 0 Å². The molecule has 0 amide bonds. The fourth-order valence-corrected chi connectivity index (χ4v) is 4.04. The summed E-state index contributed by atoms with van der Waals surface area (Å²) in [5, 5.41) is 2.22. The SMILES string of the molecule is CC1=C(c2coc(Cc3ccccc3)c2)[C@H](c2cccc3ccccc23)OC1=O. The molecule has 29 heavy (non-hydrogen) atoms. The highest BCUT2D eigenvalue weighted by atomic mass is 16.5. The zero-order chi connectivity index (χ0) is 19.8. The van der Waals surface area contributed by atoms with Crippen molar-refractivity contribution in [2.75, 3.05) is 0 Å². The molecule has 0 N–H and O–H groups in total. The summed E-state index contributed by atoms with van der Waals surface area (Å²) in [6, 6.07) is 26.5. The lowest BCUT2D eigenvalue weighted by molar-refractivity contribution is -0.139. The third-order valence-electron chi connectivity index (χ3n) is 5.49. The number of furan rings is 1. The first kappa shape index (κ1) is 17.5. The Kier molecular flexibility index (Phi) is 4.28. The molecule has 0 bridgehead atoms. The van der Waals surface area contributed by atoms with E-state index in [1.807, 2.05) is 55.5 Å². The predicted octanol–water partition coefficient (Wildman–Crippen LogP) is 6.10. The lowest BCUT2D eigenvalue weighted by atomic mass is 9.91. The first-order chi connectivity index (χ1) is 14.2. The zero-order valence-corrected chi connectivity index (χ0v) is 16.1. The quantitative estimate of drug-likeness (QED) is 0.402. The van der Waals surface area contributed by atoms with Gasteiger partial charge in [0.2, 0.25) is 0 Å². The monoisotopic (exact) mass is 380 g/mol. The van der Waals surface area contributed by atoms with E-state index in [1.54, 1.807) is 6.26 Å². The summed E-state index contributed by atoms with van der Waals surface area (Å²) < 4.78 is 11.6. The molecule has 0 spiro atoms. The van der Waals surface area contributed by atoms with Crippen LogP contribution in [0.3, 0.4) is 0 Å². The van der Waals surface area contributed by atoms with Crippen LogP contribution in [0.2, 0.25) is 0 Å². The average molecular weight is 380 g/mol. The molecular formula is C26H20O3. The van der Waals surface area contributed by atoms with Crippen molar-refractivity contribution in [2.45, 2.75) is 19.4 Å². The number of esters is 1. The Morgan fingerprint density at radius 3 is 2.52 bits per heavy atom. The molecule has 1 atom stereocenters. The van der Waals surface area contributed by atoms with Crippen molar-refractivity contribution < 1.29 is 13.9 Å². The number of benzene rings is 3. The van der Waals surface area contributed by atoms with Gasteiger partial charge >= 0.3 is 5.97 Å². The van der Waals surface area contributed by atoms with E-state index in [2.05, 4.69) is 30.3 Å². The third kappa shape index (κ3) is 3.15. The predicted molar refractivity (Wildman–Crippen MR) is 113 cm³/mol. The second kappa shape index (κ2) is 7.10. The van der Waals surface area contributed by atoms with Gasteiger partial charge in [0, 0.05) is 28.7 Å². The minimum absolute atomic E-state index is 0.274. The molecule has 1 aromatic heterocycles. The van der Waals surface area contributed by atoms with Crippen molar-refractivity contribution in [1.82, 2.24) is 0 Å². The van der Waals surface area contributed by atoms with Crippen molar-refractivity contribution in [1.29, 1.82) is 0 Å². The van der Waals surface area contributed by atoms with Crippen LogP contribution in [0, 0.1) is 0 Å². The van der Waals surface area contributed by atoms with Crippen molar-refractivity contribution in [3.63, 3.8) is 0 Å². The molecule has 0 saturated heterocycles. The van der Waals surface area contributed by atoms with E-state index in [0.29, 0.717) is 12.0 Å². The van der Waals surface area contributed by atoms with Crippen LogP contribution in [0.5, 0.6) is 0 Å². The number of hydrogen-bond donors (Lipinski definition) is 0. The van der Waals surface area contributed by atoms with Gasteiger partial charge in [-0.25, -0.2) is 4.79 Å². The standard InChI is InChI=1S/C26H20O3/c1-17-24(20-15-21(28-16-20)14-18-8-3-2-4-9-18)25(29-26(17)27)23-13-7-11-19-10-5-6-12-22(19)23/h2-13,15-16,25H,14H2,1H3/t25-/m0/s1. The van der Waals surface area contributed by atoms with Gasteiger partial charge in [0.15, 0.2) is 6.10 Å². The first-order valence-corrected chi connectivity index (χ1v) is 9.72. The van der Waals surface area contributed by atoms with Crippen LogP contribution in [0.15, 0.2) is 95.1 Å². The zero-order valence-electron chi connectivity index (χ0n) is 16.1. The Bertz CT molecular complexity index is 1230. The fourth-order valence-electron chi connectivity index (χ4n) is 4.04. The normalized spacial score (nSPS) is 16.4. The van der Waals surface area contributed by atoms with E-state index in [4.69, 9.17) is 9.15 Å². The van der Waals surface area contributed by atoms with Gasteiger partial charge in [-0.3, -0.25) is 0 Å². The maximum atomic E-state index is 12.5. The second-order valence-corrected chi connectivity index (χ2v) is 7.36. The molecule has 0 saturated carbocycles. The van der Waals surface area contributed by atoms with Gasteiger partial charge in [0.25, 0.3) is 0 Å². The van der Waals surface area contributed by atoms with E-state index in [0.717, 1.165) is 33.2 Å². The molecule has 3 aromatic carbocycles. The largest absolute Gasteiger partial charge is 0.468 e. The smallest absolute Gasteiger partial charge is 0.335 e. The van der Waals surface area contributed by atoms with Crippen molar-refractivity contribution >= 4 is 22.3 Å². The maximum Gasteiger partial charge on any atom is 0.335 e. The molecule has 0 unspecified atom stereocenters. The molecule has 3 heteroatoms. The number of hydrogen-bond acceptors (Lipinski definition) is 3. The Balaban J connectivity index is 1.55. The van der Waals surface area contributed by atoms with Gasteiger partial charge in [-0.15, -0.1) is 0 Å². The van der Waals surface area contributed by atoms with Gasteiger partial charge < -0.3 is 9.15 Å².